The lowest BCUT2D eigenvalue weighted by molar-refractivity contribution is 0.414. The molecule has 0 amide bonds. The number of benzene rings is 3. The van der Waals surface area contributed by atoms with Gasteiger partial charge in [0.2, 0.25) is 26.6 Å². The zero-order valence-electron chi connectivity index (χ0n) is 17.6. The molecule has 1 heterocycles. The number of anilines is 1. The standard InChI is InChI=1S/C24H20BrClN2O4S/c1-31-18-10-6-16(7-11-18)14-15-27-23-24(33(29,30)19-12-8-17(25)9-13-19)28-22(32-23)20-4-2-3-5-21(20)26/h2-13,27H,14-15H2,1H3. The van der Waals surface area contributed by atoms with Crippen LogP contribution in [0.15, 0.2) is 91.6 Å². The monoisotopic (exact) mass is 546 g/mol. The normalized spacial score (nSPS) is 11.4. The first-order valence-corrected chi connectivity index (χ1v) is 12.7. The van der Waals surface area contributed by atoms with Crippen LogP contribution in [0.4, 0.5) is 5.88 Å². The number of sulfone groups is 1. The Labute approximate surface area is 205 Å². The summed E-state index contributed by atoms with van der Waals surface area (Å²) in [5.74, 6) is 0.971. The lowest BCUT2D eigenvalue weighted by Crippen LogP contribution is -2.09. The molecule has 170 valence electrons. The van der Waals surface area contributed by atoms with Crippen LogP contribution in [-0.2, 0) is 16.3 Å². The second-order valence-electron chi connectivity index (χ2n) is 7.12. The summed E-state index contributed by atoms with van der Waals surface area (Å²) in [7, 11) is -2.32. The van der Waals surface area contributed by atoms with Crippen LogP contribution in [0.25, 0.3) is 11.5 Å². The lowest BCUT2D eigenvalue weighted by Gasteiger charge is -2.07. The number of hydrogen-bond donors (Lipinski definition) is 1. The van der Waals surface area contributed by atoms with E-state index in [1.807, 2.05) is 24.3 Å². The molecule has 0 saturated carbocycles. The van der Waals surface area contributed by atoms with E-state index >= 15 is 0 Å². The molecule has 0 saturated heterocycles. The van der Waals surface area contributed by atoms with Crippen molar-refractivity contribution in [3.8, 4) is 17.2 Å². The highest BCUT2D eigenvalue weighted by Crippen LogP contribution is 2.35. The molecule has 0 unspecified atom stereocenters. The van der Waals surface area contributed by atoms with Gasteiger partial charge in [0.1, 0.15) is 5.75 Å². The topological polar surface area (TPSA) is 81.4 Å². The maximum absolute atomic E-state index is 13.4. The maximum Gasteiger partial charge on any atom is 0.233 e. The highest BCUT2D eigenvalue weighted by atomic mass is 79.9. The van der Waals surface area contributed by atoms with Gasteiger partial charge in [-0.25, -0.2) is 8.42 Å². The molecule has 1 N–H and O–H groups in total. The third-order valence-corrected chi connectivity index (χ3v) is 7.47. The first-order valence-electron chi connectivity index (χ1n) is 10.0. The van der Waals surface area contributed by atoms with Crippen LogP contribution in [-0.4, -0.2) is 27.1 Å². The van der Waals surface area contributed by atoms with Crippen LogP contribution in [0.5, 0.6) is 5.75 Å². The van der Waals surface area contributed by atoms with Crippen LogP contribution in [0.1, 0.15) is 5.56 Å². The molecule has 1 aromatic heterocycles. The average molecular weight is 548 g/mol. The number of aromatic nitrogens is 1. The van der Waals surface area contributed by atoms with E-state index < -0.39 is 9.84 Å². The minimum atomic E-state index is -3.94. The zero-order chi connectivity index (χ0) is 23.4. The number of methoxy groups -OCH3 is 1. The summed E-state index contributed by atoms with van der Waals surface area (Å²) in [5.41, 5.74) is 1.57. The van der Waals surface area contributed by atoms with Gasteiger partial charge in [0.15, 0.2) is 0 Å². The molecular weight excluding hydrogens is 528 g/mol. The van der Waals surface area contributed by atoms with Gasteiger partial charge in [0.25, 0.3) is 0 Å². The first kappa shape index (κ1) is 23.4. The fourth-order valence-corrected chi connectivity index (χ4v) is 4.95. The van der Waals surface area contributed by atoms with Crippen molar-refractivity contribution in [1.29, 1.82) is 0 Å². The van der Waals surface area contributed by atoms with Gasteiger partial charge in [0.05, 0.1) is 22.6 Å². The van der Waals surface area contributed by atoms with E-state index in [4.69, 9.17) is 20.8 Å². The number of rotatable bonds is 8. The summed E-state index contributed by atoms with van der Waals surface area (Å²) in [6.07, 6.45) is 0.643. The van der Waals surface area contributed by atoms with E-state index in [1.54, 1.807) is 43.5 Å². The molecule has 0 aliphatic carbocycles. The van der Waals surface area contributed by atoms with Crippen molar-refractivity contribution in [2.75, 3.05) is 19.0 Å². The van der Waals surface area contributed by atoms with Gasteiger partial charge in [-0.05, 0) is 60.5 Å². The maximum atomic E-state index is 13.4. The van der Waals surface area contributed by atoms with Crippen molar-refractivity contribution in [3.63, 3.8) is 0 Å². The minimum Gasteiger partial charge on any atom is -0.497 e. The van der Waals surface area contributed by atoms with E-state index in [1.165, 1.54) is 12.1 Å². The third-order valence-electron chi connectivity index (χ3n) is 4.94. The van der Waals surface area contributed by atoms with E-state index in [2.05, 4.69) is 26.2 Å². The lowest BCUT2D eigenvalue weighted by atomic mass is 10.1. The summed E-state index contributed by atoms with van der Waals surface area (Å²) in [6.45, 7) is 0.437. The Bertz CT molecular complexity index is 1350. The molecule has 0 aliphatic rings. The molecule has 0 atom stereocenters. The number of oxazole rings is 1. The van der Waals surface area contributed by atoms with Gasteiger partial charge in [-0.3, -0.25) is 0 Å². The van der Waals surface area contributed by atoms with Crippen molar-refractivity contribution in [2.24, 2.45) is 0 Å². The van der Waals surface area contributed by atoms with Gasteiger partial charge >= 0.3 is 0 Å². The fourth-order valence-electron chi connectivity index (χ4n) is 3.19. The molecule has 0 spiro atoms. The Morgan fingerprint density at radius 3 is 2.39 bits per heavy atom. The number of hydrogen-bond acceptors (Lipinski definition) is 6. The van der Waals surface area contributed by atoms with Crippen LogP contribution in [0, 0.1) is 0 Å². The largest absolute Gasteiger partial charge is 0.497 e. The Balaban J connectivity index is 1.66. The molecule has 33 heavy (non-hydrogen) atoms. The number of nitrogens with zero attached hydrogens (tertiary/aromatic N) is 1. The molecule has 4 rings (SSSR count). The molecule has 9 heteroatoms. The smallest absolute Gasteiger partial charge is 0.233 e. The summed E-state index contributed by atoms with van der Waals surface area (Å²) >= 11 is 9.62. The molecule has 0 fully saturated rings. The van der Waals surface area contributed by atoms with Crippen LogP contribution in [0.2, 0.25) is 5.02 Å². The van der Waals surface area contributed by atoms with Gasteiger partial charge in [-0.1, -0.05) is 51.8 Å². The molecule has 0 radical (unpaired) electrons. The van der Waals surface area contributed by atoms with E-state index in [-0.39, 0.29) is 21.7 Å². The van der Waals surface area contributed by atoms with E-state index in [0.717, 1.165) is 15.8 Å². The Morgan fingerprint density at radius 1 is 1.03 bits per heavy atom. The Hall–Kier alpha value is -2.81. The number of ether oxygens (including phenoxy) is 1. The molecule has 0 aliphatic heterocycles. The van der Waals surface area contributed by atoms with E-state index in [0.29, 0.717) is 23.6 Å². The van der Waals surface area contributed by atoms with Crippen molar-refractivity contribution < 1.29 is 17.6 Å². The summed E-state index contributed by atoms with van der Waals surface area (Å²) in [4.78, 5) is 4.44. The summed E-state index contributed by atoms with van der Waals surface area (Å²) in [5, 5.41) is 3.32. The van der Waals surface area contributed by atoms with Crippen molar-refractivity contribution >= 4 is 43.3 Å². The second-order valence-corrected chi connectivity index (χ2v) is 10.3. The summed E-state index contributed by atoms with van der Waals surface area (Å²) in [6, 6.07) is 21.0. The molecule has 0 bridgehead atoms. The molecule has 4 aromatic rings. The van der Waals surface area contributed by atoms with Crippen LogP contribution >= 0.6 is 27.5 Å². The SMILES string of the molecule is COc1ccc(CCNc2oc(-c3ccccc3Cl)nc2S(=O)(=O)c2ccc(Br)cc2)cc1. The first-order chi connectivity index (χ1) is 15.9. The highest BCUT2D eigenvalue weighted by molar-refractivity contribution is 9.10. The van der Waals surface area contributed by atoms with Crippen LogP contribution < -0.4 is 10.1 Å². The molecule has 6 nitrogen and oxygen atoms in total. The predicted octanol–water partition coefficient (Wildman–Crippen LogP) is 6.25. The number of nitrogens with one attached hydrogen (secondary N) is 1. The molecular formula is C24H20BrClN2O4S. The average Bonchev–Trinajstić information content (AvgIpc) is 3.25. The second kappa shape index (κ2) is 9.99. The number of halogens is 2. The third kappa shape index (κ3) is 5.24. The van der Waals surface area contributed by atoms with Crippen LogP contribution in [0.3, 0.4) is 0 Å². The van der Waals surface area contributed by atoms with Gasteiger partial charge in [-0.2, -0.15) is 4.98 Å². The van der Waals surface area contributed by atoms with Crippen molar-refractivity contribution in [2.45, 2.75) is 16.3 Å². The summed E-state index contributed by atoms with van der Waals surface area (Å²) < 4.78 is 38.6. The predicted molar refractivity (Wildman–Crippen MR) is 132 cm³/mol. The Kier molecular flexibility index (Phi) is 7.07. The zero-order valence-corrected chi connectivity index (χ0v) is 20.7. The van der Waals surface area contributed by atoms with Gasteiger partial charge in [0, 0.05) is 11.0 Å². The van der Waals surface area contributed by atoms with Crippen molar-refractivity contribution in [1.82, 2.24) is 4.98 Å². The quantitative estimate of drug-likeness (QED) is 0.281. The highest BCUT2D eigenvalue weighted by Gasteiger charge is 2.29. The van der Waals surface area contributed by atoms with E-state index in [9.17, 15) is 8.42 Å². The van der Waals surface area contributed by atoms with Gasteiger partial charge < -0.3 is 14.5 Å². The Morgan fingerprint density at radius 2 is 1.73 bits per heavy atom. The minimum absolute atomic E-state index is 0.0707. The molecule has 3 aromatic carbocycles. The fraction of sp³-hybridized carbons (Fsp3) is 0.125. The van der Waals surface area contributed by atoms with Crippen molar-refractivity contribution in [3.05, 3.63) is 87.9 Å². The van der Waals surface area contributed by atoms with Gasteiger partial charge in [-0.15, -0.1) is 0 Å².